The van der Waals surface area contributed by atoms with Gasteiger partial charge in [0.2, 0.25) is 11.8 Å². The molecule has 18 heavy (non-hydrogen) atoms. The smallest absolute Gasteiger partial charge is 0.247 e. The van der Waals surface area contributed by atoms with E-state index in [1.807, 2.05) is 13.8 Å². The van der Waals surface area contributed by atoms with Crippen molar-refractivity contribution in [3.8, 4) is 0 Å². The third-order valence-electron chi connectivity index (χ3n) is 3.76. The van der Waals surface area contributed by atoms with E-state index in [2.05, 4.69) is 17.3 Å². The Labute approximate surface area is 108 Å². The molecule has 2 heterocycles. The Bertz CT molecular complexity index is 343. The fourth-order valence-electron chi connectivity index (χ4n) is 2.91. The summed E-state index contributed by atoms with van der Waals surface area (Å²) in [4.78, 5) is 27.6. The normalized spacial score (nSPS) is 30.6. The topological polar surface area (TPSA) is 52.7 Å². The highest BCUT2D eigenvalue weighted by Gasteiger charge is 2.40. The van der Waals surface area contributed by atoms with Gasteiger partial charge in [0.25, 0.3) is 0 Å². The molecule has 2 amide bonds. The first-order chi connectivity index (χ1) is 8.49. The molecule has 2 saturated heterocycles. The highest BCUT2D eigenvalue weighted by molar-refractivity contribution is 6.05. The SMILES string of the molecule is CC(C)N1C(=O)CC(NC2CCCN(C)C2)C1=O. The molecule has 0 bridgehead atoms. The Balaban J connectivity index is 1.94. The summed E-state index contributed by atoms with van der Waals surface area (Å²) in [5.74, 6) is -0.0973. The summed E-state index contributed by atoms with van der Waals surface area (Å²) in [5.41, 5.74) is 0. The first-order valence-corrected chi connectivity index (χ1v) is 6.79. The van der Waals surface area contributed by atoms with Gasteiger partial charge in [0.05, 0.1) is 12.5 Å². The van der Waals surface area contributed by atoms with E-state index in [4.69, 9.17) is 0 Å². The van der Waals surface area contributed by atoms with E-state index in [9.17, 15) is 9.59 Å². The molecule has 2 rings (SSSR count). The zero-order chi connectivity index (χ0) is 13.3. The summed E-state index contributed by atoms with van der Waals surface area (Å²) in [5, 5.41) is 3.36. The molecule has 5 nitrogen and oxygen atoms in total. The molecule has 0 saturated carbocycles. The predicted molar refractivity (Wildman–Crippen MR) is 69.0 cm³/mol. The molecular formula is C13H23N3O2. The Morgan fingerprint density at radius 1 is 1.33 bits per heavy atom. The molecule has 1 N–H and O–H groups in total. The summed E-state index contributed by atoms with van der Waals surface area (Å²) >= 11 is 0. The minimum Gasteiger partial charge on any atom is -0.305 e. The van der Waals surface area contributed by atoms with Gasteiger partial charge in [-0.05, 0) is 40.3 Å². The number of nitrogens with one attached hydrogen (secondary N) is 1. The van der Waals surface area contributed by atoms with Gasteiger partial charge in [0, 0.05) is 18.6 Å². The maximum absolute atomic E-state index is 12.1. The molecular weight excluding hydrogens is 230 g/mol. The number of imide groups is 1. The van der Waals surface area contributed by atoms with Gasteiger partial charge in [-0.15, -0.1) is 0 Å². The van der Waals surface area contributed by atoms with Crippen LogP contribution in [0.15, 0.2) is 0 Å². The molecule has 2 unspecified atom stereocenters. The molecule has 2 aliphatic rings. The molecule has 2 atom stereocenters. The van der Waals surface area contributed by atoms with E-state index in [-0.39, 0.29) is 23.9 Å². The van der Waals surface area contributed by atoms with E-state index < -0.39 is 0 Å². The van der Waals surface area contributed by atoms with Crippen LogP contribution in [-0.4, -0.2) is 59.9 Å². The Kier molecular flexibility index (Phi) is 4.02. The lowest BCUT2D eigenvalue weighted by Crippen LogP contribution is -2.50. The predicted octanol–water partition coefficient (Wildman–Crippen LogP) is 0.206. The Morgan fingerprint density at radius 2 is 2.06 bits per heavy atom. The van der Waals surface area contributed by atoms with Crippen LogP contribution >= 0.6 is 0 Å². The maximum atomic E-state index is 12.1. The van der Waals surface area contributed by atoms with Gasteiger partial charge in [-0.3, -0.25) is 14.5 Å². The maximum Gasteiger partial charge on any atom is 0.247 e. The van der Waals surface area contributed by atoms with Crippen LogP contribution in [0, 0.1) is 0 Å². The van der Waals surface area contributed by atoms with Crippen molar-refractivity contribution >= 4 is 11.8 Å². The standard InChI is InChI=1S/C13H23N3O2/c1-9(2)16-12(17)7-11(13(16)18)14-10-5-4-6-15(3)8-10/h9-11,14H,4-8H2,1-3H3. The largest absolute Gasteiger partial charge is 0.305 e. The van der Waals surface area contributed by atoms with Crippen molar-refractivity contribution in [2.45, 2.75) is 51.2 Å². The molecule has 0 aliphatic carbocycles. The van der Waals surface area contributed by atoms with Gasteiger partial charge in [-0.25, -0.2) is 0 Å². The highest BCUT2D eigenvalue weighted by atomic mass is 16.2. The number of piperidine rings is 1. The molecule has 102 valence electrons. The Hall–Kier alpha value is -0.940. The van der Waals surface area contributed by atoms with Crippen LogP contribution in [0.3, 0.4) is 0 Å². The van der Waals surface area contributed by atoms with Gasteiger partial charge in [-0.2, -0.15) is 0 Å². The second-order valence-electron chi connectivity index (χ2n) is 5.72. The van der Waals surface area contributed by atoms with Gasteiger partial charge >= 0.3 is 0 Å². The molecule has 0 aromatic rings. The lowest BCUT2D eigenvalue weighted by molar-refractivity contribution is -0.140. The van der Waals surface area contributed by atoms with E-state index >= 15 is 0 Å². The second kappa shape index (κ2) is 5.36. The van der Waals surface area contributed by atoms with E-state index in [1.165, 1.54) is 4.90 Å². The summed E-state index contributed by atoms with van der Waals surface area (Å²) in [6, 6.07) is -0.0140. The number of carbonyl (C=O) groups excluding carboxylic acids is 2. The van der Waals surface area contributed by atoms with Gasteiger partial charge in [0.1, 0.15) is 0 Å². The third-order valence-corrected chi connectivity index (χ3v) is 3.76. The minimum atomic E-state index is -0.309. The fourth-order valence-corrected chi connectivity index (χ4v) is 2.91. The number of likely N-dealkylation sites (N-methyl/N-ethyl adjacent to an activating group) is 1. The van der Waals surface area contributed by atoms with E-state index in [1.54, 1.807) is 0 Å². The molecule has 0 aromatic carbocycles. The molecule has 5 heteroatoms. The number of hydrogen-bond acceptors (Lipinski definition) is 4. The zero-order valence-corrected chi connectivity index (χ0v) is 11.5. The lowest BCUT2D eigenvalue weighted by atomic mass is 10.0. The molecule has 0 aromatic heterocycles. The minimum absolute atomic E-state index is 0.0363. The van der Waals surface area contributed by atoms with Crippen molar-refractivity contribution < 1.29 is 9.59 Å². The van der Waals surface area contributed by atoms with Crippen molar-refractivity contribution in [3.05, 3.63) is 0 Å². The number of amides is 2. The van der Waals surface area contributed by atoms with Crippen LogP contribution in [0.5, 0.6) is 0 Å². The molecule has 2 fully saturated rings. The number of nitrogens with zero attached hydrogens (tertiary/aromatic N) is 2. The Morgan fingerprint density at radius 3 is 2.61 bits per heavy atom. The van der Waals surface area contributed by atoms with E-state index in [0.29, 0.717) is 12.5 Å². The number of carbonyl (C=O) groups is 2. The van der Waals surface area contributed by atoms with Crippen LogP contribution in [-0.2, 0) is 9.59 Å². The monoisotopic (exact) mass is 253 g/mol. The number of hydrogen-bond donors (Lipinski definition) is 1. The first kappa shape index (κ1) is 13.5. The van der Waals surface area contributed by atoms with Gasteiger partial charge in [0.15, 0.2) is 0 Å². The van der Waals surface area contributed by atoms with Crippen molar-refractivity contribution in [1.82, 2.24) is 15.1 Å². The summed E-state index contributed by atoms with van der Waals surface area (Å²) in [7, 11) is 2.09. The molecule has 0 radical (unpaired) electrons. The van der Waals surface area contributed by atoms with Crippen LogP contribution in [0.25, 0.3) is 0 Å². The van der Waals surface area contributed by atoms with Crippen molar-refractivity contribution in [1.29, 1.82) is 0 Å². The second-order valence-corrected chi connectivity index (χ2v) is 5.72. The number of rotatable bonds is 3. The average Bonchev–Trinajstić information content (AvgIpc) is 2.54. The zero-order valence-electron chi connectivity index (χ0n) is 11.5. The quantitative estimate of drug-likeness (QED) is 0.730. The highest BCUT2D eigenvalue weighted by Crippen LogP contribution is 2.18. The van der Waals surface area contributed by atoms with Crippen LogP contribution in [0.2, 0.25) is 0 Å². The van der Waals surface area contributed by atoms with Crippen LogP contribution < -0.4 is 5.32 Å². The average molecular weight is 253 g/mol. The van der Waals surface area contributed by atoms with Crippen LogP contribution in [0.1, 0.15) is 33.1 Å². The molecule has 0 spiro atoms. The number of likely N-dealkylation sites (tertiary alicyclic amines) is 2. The lowest BCUT2D eigenvalue weighted by Gasteiger charge is -2.31. The fraction of sp³-hybridized carbons (Fsp3) is 0.846. The van der Waals surface area contributed by atoms with Crippen molar-refractivity contribution in [2.75, 3.05) is 20.1 Å². The van der Waals surface area contributed by atoms with E-state index in [0.717, 1.165) is 25.9 Å². The van der Waals surface area contributed by atoms with Crippen molar-refractivity contribution in [2.24, 2.45) is 0 Å². The summed E-state index contributed by atoms with van der Waals surface area (Å²) < 4.78 is 0. The third kappa shape index (κ3) is 2.72. The van der Waals surface area contributed by atoms with Crippen LogP contribution in [0.4, 0.5) is 0 Å². The van der Waals surface area contributed by atoms with Gasteiger partial charge in [-0.1, -0.05) is 0 Å². The first-order valence-electron chi connectivity index (χ1n) is 6.79. The molecule has 2 aliphatic heterocycles. The van der Waals surface area contributed by atoms with Gasteiger partial charge < -0.3 is 10.2 Å². The summed E-state index contributed by atoms with van der Waals surface area (Å²) in [6.07, 6.45) is 2.55. The van der Waals surface area contributed by atoms with Crippen molar-refractivity contribution in [3.63, 3.8) is 0 Å². The summed E-state index contributed by atoms with van der Waals surface area (Å²) in [6.45, 7) is 5.84.